The first-order valence-corrected chi connectivity index (χ1v) is 4.95. The third-order valence-electron chi connectivity index (χ3n) is 1.79. The molecule has 9 nitrogen and oxygen atoms in total. The molecule has 0 bridgehead atoms. The summed E-state index contributed by atoms with van der Waals surface area (Å²) >= 11 is 0. The highest BCUT2D eigenvalue weighted by Gasteiger charge is 2.42. The van der Waals surface area contributed by atoms with Crippen LogP contribution >= 0.6 is 0 Å². The van der Waals surface area contributed by atoms with Crippen molar-refractivity contribution in [3.63, 3.8) is 0 Å². The Morgan fingerprint density at radius 2 is 1.21 bits per heavy atom. The standard InChI is InChI=1S/C10H12O9/c1-5(11)18-7(13)3-10(17,9(15)16)4-8(14)19-6(2)12/h17H,3-4H2,1-2H3,(H,15,16). The molecular formula is C10H12O9. The molecule has 0 spiro atoms. The quantitative estimate of drug-likeness (QED) is 0.465. The van der Waals surface area contributed by atoms with E-state index in [1.54, 1.807) is 0 Å². The number of hydrogen-bond donors (Lipinski definition) is 2. The minimum Gasteiger partial charge on any atom is -0.479 e. The molecule has 0 heterocycles. The average Bonchev–Trinajstić information content (AvgIpc) is 2.12. The van der Waals surface area contributed by atoms with Gasteiger partial charge >= 0.3 is 29.8 Å². The van der Waals surface area contributed by atoms with E-state index in [1.807, 2.05) is 0 Å². The number of carboxylic acids is 1. The van der Waals surface area contributed by atoms with Crippen LogP contribution in [0.15, 0.2) is 0 Å². The topological polar surface area (TPSA) is 144 Å². The molecule has 0 aliphatic heterocycles. The first-order chi connectivity index (χ1) is 8.56. The van der Waals surface area contributed by atoms with Crippen LogP contribution in [0, 0.1) is 0 Å². The van der Waals surface area contributed by atoms with Crippen molar-refractivity contribution in [2.45, 2.75) is 32.3 Å². The fourth-order valence-electron chi connectivity index (χ4n) is 1.08. The van der Waals surface area contributed by atoms with Gasteiger partial charge in [0.1, 0.15) is 0 Å². The summed E-state index contributed by atoms with van der Waals surface area (Å²) in [7, 11) is 0. The summed E-state index contributed by atoms with van der Waals surface area (Å²) < 4.78 is 8.08. The van der Waals surface area contributed by atoms with Crippen LogP contribution in [-0.4, -0.2) is 45.7 Å². The van der Waals surface area contributed by atoms with E-state index in [9.17, 15) is 29.1 Å². The largest absolute Gasteiger partial charge is 0.479 e. The van der Waals surface area contributed by atoms with Gasteiger partial charge < -0.3 is 19.7 Å². The zero-order chi connectivity index (χ0) is 15.2. The highest BCUT2D eigenvalue weighted by Crippen LogP contribution is 2.18. The Labute approximate surface area is 107 Å². The molecule has 9 heteroatoms. The maximum atomic E-state index is 11.1. The number of hydrogen-bond acceptors (Lipinski definition) is 8. The maximum absolute atomic E-state index is 11.1. The van der Waals surface area contributed by atoms with Gasteiger partial charge in [-0.15, -0.1) is 0 Å². The number of carbonyl (C=O) groups is 5. The number of aliphatic hydroxyl groups is 1. The molecule has 0 saturated carbocycles. The first-order valence-electron chi connectivity index (χ1n) is 4.95. The lowest BCUT2D eigenvalue weighted by Gasteiger charge is -2.20. The van der Waals surface area contributed by atoms with E-state index in [-0.39, 0.29) is 0 Å². The maximum Gasteiger partial charge on any atom is 0.336 e. The highest BCUT2D eigenvalue weighted by molar-refractivity contribution is 5.93. The van der Waals surface area contributed by atoms with Gasteiger partial charge in [0.25, 0.3) is 0 Å². The summed E-state index contributed by atoms with van der Waals surface area (Å²) in [6.07, 6.45) is -2.29. The third kappa shape index (κ3) is 6.27. The summed E-state index contributed by atoms with van der Waals surface area (Å²) in [4.78, 5) is 54.0. The summed E-state index contributed by atoms with van der Waals surface area (Å²) in [5, 5.41) is 18.4. The molecule has 0 amide bonds. The fourth-order valence-corrected chi connectivity index (χ4v) is 1.08. The summed E-state index contributed by atoms with van der Waals surface area (Å²) in [6, 6.07) is 0. The van der Waals surface area contributed by atoms with E-state index in [0.29, 0.717) is 0 Å². The fraction of sp³-hybridized carbons (Fsp3) is 0.500. The minimum absolute atomic E-state index is 0.904. The first kappa shape index (κ1) is 16.7. The van der Waals surface area contributed by atoms with Crippen LogP contribution in [0.4, 0.5) is 0 Å². The lowest BCUT2D eigenvalue weighted by Crippen LogP contribution is -2.43. The number of rotatable bonds is 5. The molecule has 0 fully saturated rings. The van der Waals surface area contributed by atoms with Crippen molar-refractivity contribution in [1.29, 1.82) is 0 Å². The molecule has 19 heavy (non-hydrogen) atoms. The smallest absolute Gasteiger partial charge is 0.336 e. The highest BCUT2D eigenvalue weighted by atomic mass is 16.6. The van der Waals surface area contributed by atoms with Gasteiger partial charge in [-0.1, -0.05) is 0 Å². The molecule has 0 aromatic carbocycles. The zero-order valence-electron chi connectivity index (χ0n) is 10.2. The SMILES string of the molecule is CC(=O)OC(=O)CC(O)(CC(=O)OC(C)=O)C(=O)O. The van der Waals surface area contributed by atoms with Crippen LogP contribution in [0.2, 0.25) is 0 Å². The number of aliphatic carboxylic acids is 1. The molecule has 0 aromatic rings. The van der Waals surface area contributed by atoms with E-state index in [1.165, 1.54) is 0 Å². The molecular weight excluding hydrogens is 264 g/mol. The molecule has 0 aliphatic carbocycles. The van der Waals surface area contributed by atoms with Gasteiger partial charge in [0.05, 0.1) is 12.8 Å². The predicted molar refractivity (Wildman–Crippen MR) is 55.4 cm³/mol. The van der Waals surface area contributed by atoms with Crippen LogP contribution in [0.25, 0.3) is 0 Å². The Morgan fingerprint density at radius 1 is 0.895 bits per heavy atom. The van der Waals surface area contributed by atoms with Gasteiger partial charge in [-0.3, -0.25) is 19.2 Å². The van der Waals surface area contributed by atoms with Gasteiger partial charge in [0.15, 0.2) is 5.60 Å². The molecule has 0 aliphatic rings. The van der Waals surface area contributed by atoms with Crippen molar-refractivity contribution < 1.29 is 43.7 Å². The Morgan fingerprint density at radius 3 is 1.42 bits per heavy atom. The molecule has 0 rings (SSSR count). The van der Waals surface area contributed by atoms with E-state index < -0.39 is 48.3 Å². The lowest BCUT2D eigenvalue weighted by atomic mass is 9.96. The average molecular weight is 276 g/mol. The zero-order valence-corrected chi connectivity index (χ0v) is 10.2. The Hall–Kier alpha value is -2.29. The minimum atomic E-state index is -2.82. The van der Waals surface area contributed by atoms with Crippen molar-refractivity contribution >= 4 is 29.8 Å². The summed E-state index contributed by atoms with van der Waals surface area (Å²) in [6.45, 7) is 1.81. The van der Waals surface area contributed by atoms with Gasteiger partial charge in [-0.2, -0.15) is 0 Å². The van der Waals surface area contributed by atoms with Gasteiger partial charge in [-0.05, 0) is 0 Å². The summed E-state index contributed by atoms with van der Waals surface area (Å²) in [5.41, 5.74) is -2.82. The number of ether oxygens (including phenoxy) is 2. The molecule has 0 radical (unpaired) electrons. The second-order valence-electron chi connectivity index (χ2n) is 3.62. The number of esters is 4. The molecule has 0 aromatic heterocycles. The molecule has 0 unspecified atom stereocenters. The van der Waals surface area contributed by atoms with Crippen molar-refractivity contribution in [3.05, 3.63) is 0 Å². The lowest BCUT2D eigenvalue weighted by molar-refractivity contribution is -0.176. The van der Waals surface area contributed by atoms with Crippen LogP contribution in [0.5, 0.6) is 0 Å². The normalized spacial score (nSPS) is 10.5. The second kappa shape index (κ2) is 6.59. The van der Waals surface area contributed by atoms with E-state index in [4.69, 9.17) is 5.11 Å². The van der Waals surface area contributed by atoms with E-state index in [0.717, 1.165) is 13.8 Å². The van der Waals surface area contributed by atoms with Gasteiger partial charge in [0, 0.05) is 13.8 Å². The Bertz CT molecular complexity index is 393. The Kier molecular flexibility index (Phi) is 5.80. The van der Waals surface area contributed by atoms with Gasteiger partial charge in [0.2, 0.25) is 0 Å². The molecule has 2 N–H and O–H groups in total. The molecule has 0 saturated heterocycles. The monoisotopic (exact) mass is 276 g/mol. The van der Waals surface area contributed by atoms with Crippen molar-refractivity contribution in [2.75, 3.05) is 0 Å². The number of carboxylic acid groups (broad SMARTS) is 1. The van der Waals surface area contributed by atoms with Gasteiger partial charge in [-0.25, -0.2) is 4.79 Å². The Balaban J connectivity index is 4.81. The molecule has 0 atom stereocenters. The number of carbonyl (C=O) groups excluding carboxylic acids is 4. The van der Waals surface area contributed by atoms with Crippen molar-refractivity contribution in [1.82, 2.24) is 0 Å². The van der Waals surface area contributed by atoms with E-state index >= 15 is 0 Å². The van der Waals surface area contributed by atoms with Crippen LogP contribution in [0.3, 0.4) is 0 Å². The van der Waals surface area contributed by atoms with E-state index in [2.05, 4.69) is 9.47 Å². The van der Waals surface area contributed by atoms with Crippen molar-refractivity contribution in [2.24, 2.45) is 0 Å². The van der Waals surface area contributed by atoms with Crippen LogP contribution in [0.1, 0.15) is 26.7 Å². The van der Waals surface area contributed by atoms with Crippen LogP contribution < -0.4 is 0 Å². The second-order valence-corrected chi connectivity index (χ2v) is 3.62. The third-order valence-corrected chi connectivity index (χ3v) is 1.79. The molecule has 106 valence electrons. The predicted octanol–water partition coefficient (Wildman–Crippen LogP) is -1.24. The van der Waals surface area contributed by atoms with Crippen molar-refractivity contribution in [3.8, 4) is 0 Å². The van der Waals surface area contributed by atoms with Crippen LogP contribution in [-0.2, 0) is 33.4 Å². The summed E-state index contributed by atoms with van der Waals surface area (Å²) in [5.74, 6) is -6.54.